The van der Waals surface area contributed by atoms with Crippen molar-refractivity contribution >= 4 is 15.7 Å². The van der Waals surface area contributed by atoms with E-state index in [0.29, 0.717) is 5.75 Å². The lowest BCUT2D eigenvalue weighted by Crippen LogP contribution is -2.31. The molecule has 1 atom stereocenters. The number of hydrogen-bond donors (Lipinski definition) is 1. The van der Waals surface area contributed by atoms with Gasteiger partial charge in [0.1, 0.15) is 5.75 Å². The molecule has 0 heterocycles. The standard InChI is InChI=1S/C21H27NO4S/c1-15(16-10-12-17(13-11-16)27(5,24)25)22-20(23)14-26-19-9-7-6-8-18(19)21(2,3)4/h6-13,15H,14H2,1-5H3,(H,22,23)/t15-/m0/s1. The van der Waals surface area contributed by atoms with Gasteiger partial charge in [0.15, 0.2) is 16.4 Å². The Morgan fingerprint density at radius 1 is 1.07 bits per heavy atom. The minimum atomic E-state index is -3.23. The lowest BCUT2D eigenvalue weighted by atomic mass is 9.86. The van der Waals surface area contributed by atoms with E-state index in [1.54, 1.807) is 24.3 Å². The number of rotatable bonds is 6. The maximum atomic E-state index is 12.3. The zero-order valence-electron chi connectivity index (χ0n) is 16.4. The first-order chi connectivity index (χ1) is 12.5. The summed E-state index contributed by atoms with van der Waals surface area (Å²) in [6, 6.07) is 13.9. The van der Waals surface area contributed by atoms with Gasteiger partial charge in [0.05, 0.1) is 10.9 Å². The molecular weight excluding hydrogens is 362 g/mol. The third-order valence-corrected chi connectivity index (χ3v) is 5.37. The van der Waals surface area contributed by atoms with Gasteiger partial charge in [-0.15, -0.1) is 0 Å². The summed E-state index contributed by atoms with van der Waals surface area (Å²) >= 11 is 0. The minimum Gasteiger partial charge on any atom is -0.483 e. The zero-order chi connectivity index (χ0) is 20.2. The zero-order valence-corrected chi connectivity index (χ0v) is 17.3. The average Bonchev–Trinajstić information content (AvgIpc) is 2.58. The van der Waals surface area contributed by atoms with Crippen molar-refractivity contribution in [3.63, 3.8) is 0 Å². The molecule has 146 valence electrons. The number of carbonyl (C=O) groups excluding carboxylic acids is 1. The van der Waals surface area contributed by atoms with E-state index in [4.69, 9.17) is 4.74 Å². The third kappa shape index (κ3) is 5.82. The molecule has 0 aliphatic rings. The van der Waals surface area contributed by atoms with Gasteiger partial charge >= 0.3 is 0 Å². The van der Waals surface area contributed by atoms with Crippen LogP contribution in [-0.4, -0.2) is 27.2 Å². The largest absolute Gasteiger partial charge is 0.483 e. The van der Waals surface area contributed by atoms with Crippen molar-refractivity contribution < 1.29 is 17.9 Å². The first-order valence-corrected chi connectivity index (χ1v) is 10.7. The molecule has 5 nitrogen and oxygen atoms in total. The normalized spacial score (nSPS) is 13.1. The number of nitrogens with one attached hydrogen (secondary N) is 1. The fraction of sp³-hybridized carbons (Fsp3) is 0.381. The number of ether oxygens (including phenoxy) is 1. The Hall–Kier alpha value is -2.34. The molecule has 2 aromatic carbocycles. The van der Waals surface area contributed by atoms with E-state index in [2.05, 4.69) is 26.1 Å². The van der Waals surface area contributed by atoms with Crippen LogP contribution in [0, 0.1) is 0 Å². The van der Waals surface area contributed by atoms with Crippen molar-refractivity contribution in [1.29, 1.82) is 0 Å². The summed E-state index contributed by atoms with van der Waals surface area (Å²) in [5.41, 5.74) is 1.79. The highest BCUT2D eigenvalue weighted by Gasteiger charge is 2.19. The van der Waals surface area contributed by atoms with Crippen LogP contribution in [0.25, 0.3) is 0 Å². The summed E-state index contributed by atoms with van der Waals surface area (Å²) in [7, 11) is -3.23. The predicted molar refractivity (Wildman–Crippen MR) is 107 cm³/mol. The SMILES string of the molecule is C[C@H](NC(=O)COc1ccccc1C(C)(C)C)c1ccc(S(C)(=O)=O)cc1. The van der Waals surface area contributed by atoms with Crippen molar-refractivity contribution in [3.05, 3.63) is 59.7 Å². The first-order valence-electron chi connectivity index (χ1n) is 8.80. The van der Waals surface area contributed by atoms with E-state index in [0.717, 1.165) is 11.1 Å². The maximum absolute atomic E-state index is 12.3. The topological polar surface area (TPSA) is 72.5 Å². The van der Waals surface area contributed by atoms with Gasteiger partial charge in [-0.25, -0.2) is 8.42 Å². The molecule has 0 aliphatic carbocycles. The first kappa shape index (κ1) is 21.0. The van der Waals surface area contributed by atoms with Gasteiger partial charge in [0.25, 0.3) is 5.91 Å². The molecule has 0 radical (unpaired) electrons. The molecule has 0 saturated heterocycles. The van der Waals surface area contributed by atoms with Gasteiger partial charge in [-0.3, -0.25) is 4.79 Å². The van der Waals surface area contributed by atoms with Crippen LogP contribution in [0.1, 0.15) is 44.9 Å². The molecule has 6 heteroatoms. The second-order valence-electron chi connectivity index (χ2n) is 7.67. The van der Waals surface area contributed by atoms with Crippen LogP contribution in [0.5, 0.6) is 5.75 Å². The number of benzene rings is 2. The van der Waals surface area contributed by atoms with Crippen LogP contribution in [-0.2, 0) is 20.0 Å². The van der Waals surface area contributed by atoms with Crippen LogP contribution in [0.3, 0.4) is 0 Å². The molecule has 2 aromatic rings. The van der Waals surface area contributed by atoms with Gasteiger partial charge in [0.2, 0.25) is 0 Å². The van der Waals surface area contributed by atoms with Crippen molar-refractivity contribution in [2.45, 2.75) is 44.0 Å². The van der Waals surface area contributed by atoms with Crippen LogP contribution < -0.4 is 10.1 Å². The summed E-state index contributed by atoms with van der Waals surface area (Å²) in [5.74, 6) is 0.462. The molecule has 0 aromatic heterocycles. The highest BCUT2D eigenvalue weighted by molar-refractivity contribution is 7.90. The number of sulfone groups is 1. The highest BCUT2D eigenvalue weighted by Crippen LogP contribution is 2.30. The molecule has 2 rings (SSSR count). The highest BCUT2D eigenvalue weighted by atomic mass is 32.2. The van der Waals surface area contributed by atoms with Gasteiger partial charge in [-0.1, -0.05) is 51.1 Å². The molecule has 27 heavy (non-hydrogen) atoms. The lowest BCUT2D eigenvalue weighted by Gasteiger charge is -2.23. The Bertz CT molecular complexity index is 897. The molecular formula is C21H27NO4S. The number of amides is 1. The fourth-order valence-corrected chi connectivity index (χ4v) is 3.36. The van der Waals surface area contributed by atoms with Crippen LogP contribution in [0.4, 0.5) is 0 Å². The molecule has 0 fully saturated rings. The Kier molecular flexibility index (Phi) is 6.31. The molecule has 0 spiro atoms. The van der Waals surface area contributed by atoms with Crippen LogP contribution >= 0.6 is 0 Å². The molecule has 0 bridgehead atoms. The van der Waals surface area contributed by atoms with E-state index in [1.807, 2.05) is 31.2 Å². The summed E-state index contributed by atoms with van der Waals surface area (Å²) in [6.45, 7) is 8.04. The fourth-order valence-electron chi connectivity index (χ4n) is 2.73. The van der Waals surface area contributed by atoms with Crippen LogP contribution in [0.15, 0.2) is 53.4 Å². The van der Waals surface area contributed by atoms with E-state index in [9.17, 15) is 13.2 Å². The Morgan fingerprint density at radius 2 is 1.67 bits per heavy atom. The van der Waals surface area contributed by atoms with Crippen molar-refractivity contribution in [2.75, 3.05) is 12.9 Å². The van der Waals surface area contributed by atoms with E-state index < -0.39 is 9.84 Å². The second kappa shape index (κ2) is 8.13. The molecule has 0 aliphatic heterocycles. The molecule has 1 N–H and O–H groups in total. The van der Waals surface area contributed by atoms with Crippen LogP contribution in [0.2, 0.25) is 0 Å². The Morgan fingerprint density at radius 3 is 2.22 bits per heavy atom. The van der Waals surface area contributed by atoms with Crippen molar-refractivity contribution in [1.82, 2.24) is 5.32 Å². The van der Waals surface area contributed by atoms with Gasteiger partial charge in [-0.2, -0.15) is 0 Å². The Labute approximate surface area is 161 Å². The summed E-state index contributed by atoms with van der Waals surface area (Å²) in [4.78, 5) is 12.5. The number of para-hydroxylation sites is 1. The Balaban J connectivity index is 1.98. The van der Waals surface area contributed by atoms with E-state index in [-0.39, 0.29) is 28.9 Å². The summed E-state index contributed by atoms with van der Waals surface area (Å²) in [5, 5.41) is 2.87. The predicted octanol–water partition coefficient (Wildman–Crippen LogP) is 3.64. The maximum Gasteiger partial charge on any atom is 0.258 e. The van der Waals surface area contributed by atoms with Gasteiger partial charge in [0, 0.05) is 6.26 Å². The van der Waals surface area contributed by atoms with Crippen molar-refractivity contribution in [2.24, 2.45) is 0 Å². The summed E-state index contributed by atoms with van der Waals surface area (Å²) in [6.07, 6.45) is 1.17. The molecule has 1 amide bonds. The van der Waals surface area contributed by atoms with E-state index in [1.165, 1.54) is 6.26 Å². The van der Waals surface area contributed by atoms with Gasteiger partial charge < -0.3 is 10.1 Å². The van der Waals surface area contributed by atoms with E-state index >= 15 is 0 Å². The molecule has 0 saturated carbocycles. The lowest BCUT2D eigenvalue weighted by molar-refractivity contribution is -0.123. The minimum absolute atomic E-state index is 0.0816. The summed E-state index contributed by atoms with van der Waals surface area (Å²) < 4.78 is 28.8. The van der Waals surface area contributed by atoms with Gasteiger partial charge in [-0.05, 0) is 41.7 Å². The van der Waals surface area contributed by atoms with Crippen molar-refractivity contribution in [3.8, 4) is 5.75 Å². The smallest absolute Gasteiger partial charge is 0.258 e. The number of hydrogen-bond acceptors (Lipinski definition) is 4. The third-order valence-electron chi connectivity index (χ3n) is 4.24. The second-order valence-corrected chi connectivity index (χ2v) is 9.68. The average molecular weight is 390 g/mol. The monoisotopic (exact) mass is 389 g/mol. The quantitative estimate of drug-likeness (QED) is 0.819. The molecule has 0 unspecified atom stereocenters. The number of carbonyl (C=O) groups is 1.